The molecule has 3 heteroatoms. The van der Waals surface area contributed by atoms with Crippen LogP contribution in [0.4, 0.5) is 5.69 Å². The molecule has 0 radical (unpaired) electrons. The van der Waals surface area contributed by atoms with Gasteiger partial charge < -0.3 is 15.3 Å². The van der Waals surface area contributed by atoms with Crippen molar-refractivity contribution in [3.8, 4) is 0 Å². The fourth-order valence-electron chi connectivity index (χ4n) is 2.82. The summed E-state index contributed by atoms with van der Waals surface area (Å²) >= 11 is 0. The quantitative estimate of drug-likeness (QED) is 0.851. The highest BCUT2D eigenvalue weighted by Gasteiger charge is 2.26. The third-order valence-electron chi connectivity index (χ3n) is 4.12. The highest BCUT2D eigenvalue weighted by atomic mass is 16.3. The third kappa shape index (κ3) is 2.68. The average molecular weight is 246 g/mol. The van der Waals surface area contributed by atoms with Crippen LogP contribution in [-0.2, 0) is 6.54 Å². The van der Waals surface area contributed by atoms with E-state index >= 15 is 0 Å². The van der Waals surface area contributed by atoms with E-state index in [2.05, 4.69) is 34.5 Å². The molecule has 0 amide bonds. The van der Waals surface area contributed by atoms with Crippen LogP contribution in [-0.4, -0.2) is 30.3 Å². The van der Waals surface area contributed by atoms with Gasteiger partial charge in [-0.1, -0.05) is 12.1 Å². The molecule has 1 saturated carbocycles. The SMILES string of the molecule is OC1CC(NCc2ccc(N3CCCC3)cc2)C1. The van der Waals surface area contributed by atoms with Gasteiger partial charge in [0.05, 0.1) is 6.10 Å². The lowest BCUT2D eigenvalue weighted by Gasteiger charge is -2.32. The molecule has 0 bridgehead atoms. The van der Waals surface area contributed by atoms with Crippen molar-refractivity contribution in [3.05, 3.63) is 29.8 Å². The molecular weight excluding hydrogens is 224 g/mol. The van der Waals surface area contributed by atoms with Gasteiger partial charge in [-0.05, 0) is 43.4 Å². The van der Waals surface area contributed by atoms with Crippen molar-refractivity contribution in [3.63, 3.8) is 0 Å². The number of rotatable bonds is 4. The van der Waals surface area contributed by atoms with Crippen LogP contribution in [0.5, 0.6) is 0 Å². The van der Waals surface area contributed by atoms with Gasteiger partial charge in [0, 0.05) is 31.4 Å². The van der Waals surface area contributed by atoms with Crippen LogP contribution in [0.15, 0.2) is 24.3 Å². The summed E-state index contributed by atoms with van der Waals surface area (Å²) in [4.78, 5) is 2.46. The Morgan fingerprint density at radius 3 is 2.39 bits per heavy atom. The fourth-order valence-corrected chi connectivity index (χ4v) is 2.82. The molecule has 1 aromatic rings. The van der Waals surface area contributed by atoms with Gasteiger partial charge in [0.1, 0.15) is 0 Å². The van der Waals surface area contributed by atoms with E-state index < -0.39 is 0 Å². The molecule has 0 spiro atoms. The maximum absolute atomic E-state index is 9.23. The summed E-state index contributed by atoms with van der Waals surface area (Å²) in [7, 11) is 0. The summed E-state index contributed by atoms with van der Waals surface area (Å²) in [6.45, 7) is 3.33. The zero-order chi connectivity index (χ0) is 12.4. The first-order valence-electron chi connectivity index (χ1n) is 7.06. The Morgan fingerprint density at radius 1 is 1.11 bits per heavy atom. The summed E-state index contributed by atoms with van der Waals surface area (Å²) < 4.78 is 0. The number of aliphatic hydroxyl groups excluding tert-OH is 1. The lowest BCUT2D eigenvalue weighted by Crippen LogP contribution is -2.43. The summed E-state index contributed by atoms with van der Waals surface area (Å²) in [6.07, 6.45) is 4.40. The van der Waals surface area contributed by atoms with Crippen LogP contribution in [0.3, 0.4) is 0 Å². The van der Waals surface area contributed by atoms with Crippen molar-refractivity contribution in [2.24, 2.45) is 0 Å². The van der Waals surface area contributed by atoms with Crippen LogP contribution in [0.1, 0.15) is 31.2 Å². The lowest BCUT2D eigenvalue weighted by molar-refractivity contribution is 0.0619. The largest absolute Gasteiger partial charge is 0.393 e. The summed E-state index contributed by atoms with van der Waals surface area (Å²) in [6, 6.07) is 9.42. The standard InChI is InChI=1S/C15H22N2O/c18-15-9-13(10-15)16-11-12-3-5-14(6-4-12)17-7-1-2-8-17/h3-6,13,15-16,18H,1-2,7-11H2. The number of nitrogens with one attached hydrogen (secondary N) is 1. The fraction of sp³-hybridized carbons (Fsp3) is 0.600. The van der Waals surface area contributed by atoms with Crippen LogP contribution in [0.2, 0.25) is 0 Å². The Morgan fingerprint density at radius 2 is 1.78 bits per heavy atom. The first-order chi connectivity index (χ1) is 8.81. The second-order valence-corrected chi connectivity index (χ2v) is 5.56. The zero-order valence-corrected chi connectivity index (χ0v) is 10.8. The minimum atomic E-state index is -0.0694. The molecule has 1 saturated heterocycles. The minimum Gasteiger partial charge on any atom is -0.393 e. The van der Waals surface area contributed by atoms with E-state index in [1.807, 2.05) is 0 Å². The van der Waals surface area contributed by atoms with Gasteiger partial charge in [0.2, 0.25) is 0 Å². The van der Waals surface area contributed by atoms with Gasteiger partial charge in [-0.25, -0.2) is 0 Å². The van der Waals surface area contributed by atoms with E-state index in [1.165, 1.54) is 37.2 Å². The monoisotopic (exact) mass is 246 g/mol. The molecule has 2 N–H and O–H groups in total. The van der Waals surface area contributed by atoms with Crippen molar-refractivity contribution in [2.75, 3.05) is 18.0 Å². The number of hydrogen-bond donors (Lipinski definition) is 2. The van der Waals surface area contributed by atoms with Crippen molar-refractivity contribution >= 4 is 5.69 Å². The molecule has 3 rings (SSSR count). The second kappa shape index (κ2) is 5.29. The van der Waals surface area contributed by atoms with Crippen LogP contribution < -0.4 is 10.2 Å². The van der Waals surface area contributed by atoms with E-state index in [0.717, 1.165) is 19.4 Å². The molecule has 1 aliphatic heterocycles. The molecule has 2 fully saturated rings. The first-order valence-corrected chi connectivity index (χ1v) is 7.06. The van der Waals surface area contributed by atoms with E-state index in [1.54, 1.807) is 0 Å². The van der Waals surface area contributed by atoms with Crippen LogP contribution in [0.25, 0.3) is 0 Å². The van der Waals surface area contributed by atoms with Crippen molar-refractivity contribution in [1.29, 1.82) is 0 Å². The molecule has 3 nitrogen and oxygen atoms in total. The Bertz CT molecular complexity index is 378. The smallest absolute Gasteiger partial charge is 0.0570 e. The minimum absolute atomic E-state index is 0.0694. The number of benzene rings is 1. The molecular formula is C15H22N2O. The molecule has 18 heavy (non-hydrogen) atoms. The number of anilines is 1. The van der Waals surface area contributed by atoms with Crippen molar-refractivity contribution in [1.82, 2.24) is 5.32 Å². The molecule has 2 aliphatic rings. The Balaban J connectivity index is 1.51. The zero-order valence-electron chi connectivity index (χ0n) is 10.8. The van der Waals surface area contributed by atoms with E-state index in [4.69, 9.17) is 0 Å². The molecule has 1 aliphatic carbocycles. The summed E-state index contributed by atoms with van der Waals surface area (Å²) in [5, 5.41) is 12.7. The van der Waals surface area contributed by atoms with Gasteiger partial charge >= 0.3 is 0 Å². The Kier molecular flexibility index (Phi) is 3.52. The Labute approximate surface area is 109 Å². The van der Waals surface area contributed by atoms with Crippen molar-refractivity contribution < 1.29 is 5.11 Å². The van der Waals surface area contributed by atoms with Gasteiger partial charge in [-0.3, -0.25) is 0 Å². The Hall–Kier alpha value is -1.06. The topological polar surface area (TPSA) is 35.5 Å². The lowest BCUT2D eigenvalue weighted by atomic mass is 9.89. The summed E-state index contributed by atoms with van der Waals surface area (Å²) in [5.41, 5.74) is 2.69. The van der Waals surface area contributed by atoms with Crippen LogP contribution in [0, 0.1) is 0 Å². The highest BCUT2D eigenvalue weighted by Crippen LogP contribution is 2.22. The van der Waals surface area contributed by atoms with Gasteiger partial charge in [0.15, 0.2) is 0 Å². The highest BCUT2D eigenvalue weighted by molar-refractivity contribution is 5.48. The predicted molar refractivity (Wildman–Crippen MR) is 73.8 cm³/mol. The molecule has 0 unspecified atom stereocenters. The molecule has 1 aromatic carbocycles. The van der Waals surface area contributed by atoms with E-state index in [9.17, 15) is 5.11 Å². The van der Waals surface area contributed by atoms with E-state index in [0.29, 0.717) is 6.04 Å². The molecule has 98 valence electrons. The van der Waals surface area contributed by atoms with Gasteiger partial charge in [0.25, 0.3) is 0 Å². The third-order valence-corrected chi connectivity index (χ3v) is 4.12. The molecule has 0 aromatic heterocycles. The summed E-state index contributed by atoms with van der Waals surface area (Å²) in [5.74, 6) is 0. The predicted octanol–water partition coefficient (Wildman–Crippen LogP) is 1.90. The normalized spacial score (nSPS) is 27.3. The number of aliphatic hydroxyl groups is 1. The first kappa shape index (κ1) is 12.0. The van der Waals surface area contributed by atoms with Gasteiger partial charge in [-0.2, -0.15) is 0 Å². The van der Waals surface area contributed by atoms with Crippen LogP contribution >= 0.6 is 0 Å². The number of nitrogens with zero attached hydrogens (tertiary/aromatic N) is 1. The van der Waals surface area contributed by atoms with E-state index in [-0.39, 0.29) is 6.10 Å². The van der Waals surface area contributed by atoms with Gasteiger partial charge in [-0.15, -0.1) is 0 Å². The number of hydrogen-bond acceptors (Lipinski definition) is 3. The van der Waals surface area contributed by atoms with Crippen molar-refractivity contribution in [2.45, 2.75) is 44.4 Å². The molecule has 0 atom stereocenters. The molecule has 1 heterocycles. The second-order valence-electron chi connectivity index (χ2n) is 5.56. The maximum atomic E-state index is 9.23. The average Bonchev–Trinajstić information content (AvgIpc) is 2.88. The maximum Gasteiger partial charge on any atom is 0.0570 e.